The summed E-state index contributed by atoms with van der Waals surface area (Å²) in [5, 5.41) is 0.508. The Morgan fingerprint density at radius 1 is 1.17 bits per heavy atom. The minimum absolute atomic E-state index is 0.160. The normalized spacial score (nSPS) is 21.7. The summed E-state index contributed by atoms with van der Waals surface area (Å²) in [6, 6.07) is 6.37. The number of halogens is 1. The minimum atomic E-state index is -0.777. The van der Waals surface area contributed by atoms with Gasteiger partial charge in [-0.15, -0.1) is 0 Å². The third-order valence-electron chi connectivity index (χ3n) is 5.73. The topological polar surface area (TPSA) is 66.9 Å². The third-order valence-corrected chi connectivity index (χ3v) is 6.04. The van der Waals surface area contributed by atoms with Crippen LogP contribution < -0.4 is 4.74 Å². The maximum atomic E-state index is 13.3. The fraction of sp³-hybridized carbons (Fsp3) is 0.522. The number of hydrogen-bond donors (Lipinski definition) is 0. The van der Waals surface area contributed by atoms with E-state index in [9.17, 15) is 14.4 Å². The highest BCUT2D eigenvalue weighted by atomic mass is 35.5. The second-order valence-corrected chi connectivity index (χ2v) is 8.79. The average molecular weight is 433 g/mol. The third kappa shape index (κ3) is 4.69. The van der Waals surface area contributed by atoms with E-state index in [1.807, 2.05) is 38.1 Å². The summed E-state index contributed by atoms with van der Waals surface area (Å²) in [5.74, 6) is -0.617. The molecule has 0 saturated carbocycles. The van der Waals surface area contributed by atoms with Gasteiger partial charge in [-0.25, -0.2) is 0 Å². The van der Waals surface area contributed by atoms with E-state index in [2.05, 4.69) is 0 Å². The predicted octanol–water partition coefficient (Wildman–Crippen LogP) is 3.54. The number of nitrogens with zero attached hydrogens (tertiary/aromatic N) is 2. The number of ether oxygens (including phenoxy) is 1. The van der Waals surface area contributed by atoms with Gasteiger partial charge in [0.25, 0.3) is 0 Å². The maximum absolute atomic E-state index is 13.3. The first-order valence-corrected chi connectivity index (χ1v) is 10.8. The largest absolute Gasteiger partial charge is 0.490 e. The number of carbonyl (C=O) groups is 3. The smallest absolute Gasteiger partial charge is 0.245 e. The number of likely N-dealkylation sites (tertiary alicyclic amines) is 1. The van der Waals surface area contributed by atoms with Gasteiger partial charge in [-0.2, -0.15) is 0 Å². The van der Waals surface area contributed by atoms with Crippen molar-refractivity contribution in [2.45, 2.75) is 39.2 Å². The van der Waals surface area contributed by atoms with Crippen LogP contribution in [0, 0.1) is 17.8 Å². The maximum Gasteiger partial charge on any atom is 0.245 e. The molecule has 3 rings (SSSR count). The highest BCUT2D eigenvalue weighted by Crippen LogP contribution is 2.37. The molecule has 1 heterocycles. The standard InChI is InChI=1S/C23H29ClN2O4/c1-15(2)14-19(26-21(27)16-8-4-5-9-17(16)22(26)28)23(29)25(3)12-13-30-20-11-7-6-10-18(20)24/h4-7,10-11,15-17,19H,8-9,12-14H2,1-3H3. The Bertz CT molecular complexity index is 812. The predicted molar refractivity (Wildman–Crippen MR) is 115 cm³/mol. The van der Waals surface area contributed by atoms with E-state index in [1.165, 1.54) is 9.80 Å². The minimum Gasteiger partial charge on any atom is -0.490 e. The molecule has 3 amide bonds. The van der Waals surface area contributed by atoms with Crippen LogP contribution in [-0.2, 0) is 14.4 Å². The molecule has 0 radical (unpaired) electrons. The van der Waals surface area contributed by atoms with Gasteiger partial charge in [0.1, 0.15) is 18.4 Å². The van der Waals surface area contributed by atoms with Crippen molar-refractivity contribution in [1.29, 1.82) is 0 Å². The van der Waals surface area contributed by atoms with Crippen molar-refractivity contribution in [2.75, 3.05) is 20.2 Å². The van der Waals surface area contributed by atoms with E-state index in [4.69, 9.17) is 16.3 Å². The summed E-state index contributed by atoms with van der Waals surface area (Å²) >= 11 is 6.10. The summed E-state index contributed by atoms with van der Waals surface area (Å²) in [6.07, 6.45) is 5.48. The molecule has 3 unspecified atom stereocenters. The van der Waals surface area contributed by atoms with Crippen molar-refractivity contribution in [3.63, 3.8) is 0 Å². The summed E-state index contributed by atoms with van der Waals surface area (Å²) in [5.41, 5.74) is 0. The lowest BCUT2D eigenvalue weighted by Crippen LogP contribution is -2.51. The fourth-order valence-corrected chi connectivity index (χ4v) is 4.31. The van der Waals surface area contributed by atoms with Crippen LogP contribution in [0.5, 0.6) is 5.75 Å². The van der Waals surface area contributed by atoms with Gasteiger partial charge >= 0.3 is 0 Å². The zero-order chi connectivity index (χ0) is 21.8. The van der Waals surface area contributed by atoms with E-state index in [0.29, 0.717) is 36.6 Å². The zero-order valence-corrected chi connectivity index (χ0v) is 18.5. The molecule has 1 fully saturated rings. The molecule has 1 aromatic rings. The van der Waals surface area contributed by atoms with Crippen LogP contribution in [-0.4, -0.2) is 53.8 Å². The van der Waals surface area contributed by atoms with Crippen LogP contribution in [0.2, 0.25) is 5.02 Å². The summed E-state index contributed by atoms with van der Waals surface area (Å²) in [6.45, 7) is 4.56. The Balaban J connectivity index is 1.68. The Morgan fingerprint density at radius 2 is 1.77 bits per heavy atom. The van der Waals surface area contributed by atoms with Crippen LogP contribution >= 0.6 is 11.6 Å². The number of para-hydroxylation sites is 1. The lowest BCUT2D eigenvalue weighted by atomic mass is 9.85. The van der Waals surface area contributed by atoms with Crippen LogP contribution in [0.1, 0.15) is 33.1 Å². The number of allylic oxidation sites excluding steroid dienone is 2. The van der Waals surface area contributed by atoms with Crippen LogP contribution in [0.25, 0.3) is 0 Å². The van der Waals surface area contributed by atoms with Gasteiger partial charge in [-0.3, -0.25) is 19.3 Å². The van der Waals surface area contributed by atoms with Crippen LogP contribution in [0.3, 0.4) is 0 Å². The average Bonchev–Trinajstić information content (AvgIpc) is 2.97. The van der Waals surface area contributed by atoms with Gasteiger partial charge < -0.3 is 9.64 Å². The van der Waals surface area contributed by atoms with Crippen molar-refractivity contribution in [3.05, 3.63) is 41.4 Å². The monoisotopic (exact) mass is 432 g/mol. The molecular weight excluding hydrogens is 404 g/mol. The molecule has 1 aliphatic heterocycles. The van der Waals surface area contributed by atoms with Crippen LogP contribution in [0.4, 0.5) is 0 Å². The highest BCUT2D eigenvalue weighted by molar-refractivity contribution is 6.32. The number of likely N-dealkylation sites (N-methyl/N-ethyl adjacent to an activating group) is 1. The molecule has 1 aliphatic carbocycles. The van der Waals surface area contributed by atoms with Crippen molar-refractivity contribution in [1.82, 2.24) is 9.80 Å². The molecule has 1 saturated heterocycles. The molecule has 7 heteroatoms. The summed E-state index contributed by atoms with van der Waals surface area (Å²) in [4.78, 5) is 42.0. The number of fused-ring (bicyclic) bond motifs is 1. The van der Waals surface area contributed by atoms with E-state index in [0.717, 1.165) is 0 Å². The molecule has 0 bridgehead atoms. The van der Waals surface area contributed by atoms with Crippen molar-refractivity contribution < 1.29 is 19.1 Å². The Hall–Kier alpha value is -2.34. The van der Waals surface area contributed by atoms with Gasteiger partial charge in [-0.1, -0.05) is 49.7 Å². The number of imide groups is 1. The van der Waals surface area contributed by atoms with Gasteiger partial charge in [0.2, 0.25) is 17.7 Å². The van der Waals surface area contributed by atoms with E-state index >= 15 is 0 Å². The number of rotatable bonds is 8. The van der Waals surface area contributed by atoms with Crippen molar-refractivity contribution >= 4 is 29.3 Å². The number of benzene rings is 1. The molecule has 30 heavy (non-hydrogen) atoms. The highest BCUT2D eigenvalue weighted by Gasteiger charge is 2.51. The molecule has 0 N–H and O–H groups in total. The van der Waals surface area contributed by atoms with Crippen LogP contribution in [0.15, 0.2) is 36.4 Å². The second kappa shape index (κ2) is 9.65. The summed E-state index contributed by atoms with van der Waals surface area (Å²) < 4.78 is 5.68. The van der Waals surface area contributed by atoms with Crippen molar-refractivity contribution in [2.24, 2.45) is 17.8 Å². The molecule has 3 atom stereocenters. The molecule has 0 aromatic heterocycles. The first kappa shape index (κ1) is 22.3. The number of carbonyl (C=O) groups excluding carboxylic acids is 3. The molecule has 1 aromatic carbocycles. The Kier molecular flexibility index (Phi) is 7.19. The first-order chi connectivity index (χ1) is 14.3. The van der Waals surface area contributed by atoms with E-state index in [1.54, 1.807) is 19.2 Å². The van der Waals surface area contributed by atoms with Gasteiger partial charge in [-0.05, 0) is 37.3 Å². The molecule has 6 nitrogen and oxygen atoms in total. The SMILES string of the molecule is CC(C)CC(C(=O)N(C)CCOc1ccccc1Cl)N1C(=O)C2CC=CCC2C1=O. The van der Waals surface area contributed by atoms with Gasteiger partial charge in [0.15, 0.2) is 0 Å². The molecule has 2 aliphatic rings. The molecule has 0 spiro atoms. The number of hydrogen-bond acceptors (Lipinski definition) is 4. The lowest BCUT2D eigenvalue weighted by molar-refractivity contribution is -0.151. The number of amides is 3. The Labute approximate surface area is 182 Å². The quantitative estimate of drug-likeness (QED) is 0.465. The molecule has 162 valence electrons. The van der Waals surface area contributed by atoms with E-state index < -0.39 is 6.04 Å². The van der Waals surface area contributed by atoms with E-state index in [-0.39, 0.29) is 42.1 Å². The zero-order valence-electron chi connectivity index (χ0n) is 17.7. The second-order valence-electron chi connectivity index (χ2n) is 8.39. The van der Waals surface area contributed by atoms with Crippen molar-refractivity contribution in [3.8, 4) is 5.75 Å². The first-order valence-electron chi connectivity index (χ1n) is 10.5. The molecular formula is C23H29ClN2O4. The lowest BCUT2D eigenvalue weighted by Gasteiger charge is -2.31. The van der Waals surface area contributed by atoms with Gasteiger partial charge in [0, 0.05) is 7.05 Å². The Morgan fingerprint density at radius 3 is 2.33 bits per heavy atom. The fourth-order valence-electron chi connectivity index (χ4n) is 4.12. The summed E-state index contributed by atoms with van der Waals surface area (Å²) in [7, 11) is 1.67. The van der Waals surface area contributed by atoms with Gasteiger partial charge in [0.05, 0.1) is 23.4 Å².